The molecule has 0 heterocycles. The summed E-state index contributed by atoms with van der Waals surface area (Å²) in [4.78, 5) is 11.3. The van der Waals surface area contributed by atoms with Gasteiger partial charge in [0.15, 0.2) is 0 Å². The molecule has 0 aliphatic heterocycles. The molecule has 0 radical (unpaired) electrons. The highest BCUT2D eigenvalue weighted by Crippen LogP contribution is 2.31. The number of anilines is 1. The molecule has 2 aromatic carbocycles. The minimum Gasteiger partial charge on any atom is -0.497 e. The third-order valence-corrected chi connectivity index (χ3v) is 2.87. The summed E-state index contributed by atoms with van der Waals surface area (Å²) in [5.74, 6) is 0.723. The molecule has 2 aromatic rings. The summed E-state index contributed by atoms with van der Waals surface area (Å²) >= 11 is 0. The number of amides is 1. The normalized spacial score (nSPS) is 10.1. The molecule has 0 atom stereocenters. The fourth-order valence-corrected chi connectivity index (χ4v) is 1.99. The van der Waals surface area contributed by atoms with Gasteiger partial charge in [0.2, 0.25) is 5.91 Å². The van der Waals surface area contributed by atoms with Gasteiger partial charge in [0, 0.05) is 18.2 Å². The van der Waals surface area contributed by atoms with E-state index in [9.17, 15) is 4.79 Å². The molecule has 19 heavy (non-hydrogen) atoms. The van der Waals surface area contributed by atoms with Crippen LogP contribution in [0.25, 0.3) is 11.1 Å². The van der Waals surface area contributed by atoms with E-state index in [-0.39, 0.29) is 5.91 Å². The van der Waals surface area contributed by atoms with E-state index >= 15 is 0 Å². The monoisotopic (exact) mass is 255 g/mol. The number of methoxy groups -OCH3 is 1. The fourth-order valence-electron chi connectivity index (χ4n) is 1.99. The van der Waals surface area contributed by atoms with Crippen LogP contribution < -0.4 is 10.1 Å². The van der Waals surface area contributed by atoms with Crippen molar-refractivity contribution in [2.24, 2.45) is 0 Å². The lowest BCUT2D eigenvalue weighted by Gasteiger charge is -2.12. The second-order valence-electron chi connectivity index (χ2n) is 4.46. The molecule has 0 aliphatic rings. The van der Waals surface area contributed by atoms with E-state index in [2.05, 4.69) is 11.4 Å². The zero-order valence-electron chi connectivity index (χ0n) is 11.4. The molecule has 98 valence electrons. The van der Waals surface area contributed by atoms with Crippen molar-refractivity contribution in [1.82, 2.24) is 0 Å². The van der Waals surface area contributed by atoms with Crippen LogP contribution in [0.5, 0.6) is 5.75 Å². The molecule has 0 bridgehead atoms. The van der Waals surface area contributed by atoms with Crippen molar-refractivity contribution in [3.63, 3.8) is 0 Å². The average Bonchev–Trinajstić information content (AvgIpc) is 2.40. The summed E-state index contributed by atoms with van der Waals surface area (Å²) in [5, 5.41) is 2.86. The summed E-state index contributed by atoms with van der Waals surface area (Å²) in [6.07, 6.45) is 0. The van der Waals surface area contributed by atoms with Crippen LogP contribution in [0, 0.1) is 6.92 Å². The zero-order chi connectivity index (χ0) is 13.8. The first-order valence-corrected chi connectivity index (χ1v) is 6.13. The van der Waals surface area contributed by atoms with Gasteiger partial charge in [-0.2, -0.15) is 0 Å². The molecule has 1 amide bonds. The van der Waals surface area contributed by atoms with E-state index in [0.29, 0.717) is 0 Å². The van der Waals surface area contributed by atoms with Crippen LogP contribution in [0.2, 0.25) is 0 Å². The van der Waals surface area contributed by atoms with E-state index in [4.69, 9.17) is 4.74 Å². The van der Waals surface area contributed by atoms with Gasteiger partial charge in [0.25, 0.3) is 0 Å². The number of ether oxygens (including phenoxy) is 1. The number of benzene rings is 2. The van der Waals surface area contributed by atoms with E-state index in [0.717, 1.165) is 28.1 Å². The molecular formula is C16H17NO2. The van der Waals surface area contributed by atoms with E-state index in [1.807, 2.05) is 43.3 Å². The Kier molecular flexibility index (Phi) is 3.85. The largest absolute Gasteiger partial charge is 0.497 e. The molecular weight excluding hydrogens is 238 g/mol. The zero-order valence-corrected chi connectivity index (χ0v) is 11.4. The van der Waals surface area contributed by atoms with Crippen molar-refractivity contribution in [3.05, 3.63) is 48.0 Å². The highest BCUT2D eigenvalue weighted by Gasteiger charge is 2.07. The van der Waals surface area contributed by atoms with Crippen LogP contribution in [0.4, 0.5) is 5.69 Å². The predicted octanol–water partition coefficient (Wildman–Crippen LogP) is 3.63. The Hall–Kier alpha value is -2.29. The molecule has 0 unspecified atom stereocenters. The Morgan fingerprint density at radius 3 is 2.63 bits per heavy atom. The van der Waals surface area contributed by atoms with E-state index in [1.165, 1.54) is 6.92 Å². The molecule has 0 saturated heterocycles. The summed E-state index contributed by atoms with van der Waals surface area (Å²) in [6, 6.07) is 13.8. The maximum atomic E-state index is 11.3. The molecule has 0 aromatic heterocycles. The second kappa shape index (κ2) is 5.57. The SMILES string of the molecule is COc1cccc(-c2cc(C)ccc2NC(C)=O)c1. The van der Waals surface area contributed by atoms with Crippen molar-refractivity contribution in [2.45, 2.75) is 13.8 Å². The maximum Gasteiger partial charge on any atom is 0.221 e. The molecule has 3 heteroatoms. The van der Waals surface area contributed by atoms with Crippen LogP contribution >= 0.6 is 0 Å². The van der Waals surface area contributed by atoms with Crippen molar-refractivity contribution in [3.8, 4) is 16.9 Å². The summed E-state index contributed by atoms with van der Waals surface area (Å²) in [7, 11) is 1.64. The molecule has 1 N–H and O–H groups in total. The van der Waals surface area contributed by atoms with Crippen molar-refractivity contribution >= 4 is 11.6 Å². The lowest BCUT2D eigenvalue weighted by atomic mass is 10.0. The van der Waals surface area contributed by atoms with Crippen LogP contribution in [0.15, 0.2) is 42.5 Å². The average molecular weight is 255 g/mol. The number of hydrogen-bond acceptors (Lipinski definition) is 2. The quantitative estimate of drug-likeness (QED) is 0.909. The Labute approximate surface area is 113 Å². The first-order valence-electron chi connectivity index (χ1n) is 6.13. The molecule has 0 aliphatic carbocycles. The first kappa shape index (κ1) is 13.1. The van der Waals surface area contributed by atoms with Gasteiger partial charge in [-0.25, -0.2) is 0 Å². The number of aryl methyl sites for hydroxylation is 1. The molecule has 0 saturated carbocycles. The van der Waals surface area contributed by atoms with Gasteiger partial charge >= 0.3 is 0 Å². The van der Waals surface area contributed by atoms with E-state index in [1.54, 1.807) is 7.11 Å². The van der Waals surface area contributed by atoms with Gasteiger partial charge < -0.3 is 10.1 Å². The first-order chi connectivity index (χ1) is 9.10. The smallest absolute Gasteiger partial charge is 0.221 e. The Morgan fingerprint density at radius 2 is 1.95 bits per heavy atom. The van der Waals surface area contributed by atoms with Crippen LogP contribution in [-0.2, 0) is 4.79 Å². The minimum atomic E-state index is -0.0759. The van der Waals surface area contributed by atoms with Crippen molar-refractivity contribution in [2.75, 3.05) is 12.4 Å². The fraction of sp³-hybridized carbons (Fsp3) is 0.188. The van der Waals surface area contributed by atoms with Crippen LogP contribution in [0.1, 0.15) is 12.5 Å². The summed E-state index contributed by atoms with van der Waals surface area (Å²) in [6.45, 7) is 3.54. The highest BCUT2D eigenvalue weighted by molar-refractivity contribution is 5.94. The van der Waals surface area contributed by atoms with Gasteiger partial charge in [0.1, 0.15) is 5.75 Å². The summed E-state index contributed by atoms with van der Waals surface area (Å²) < 4.78 is 5.24. The molecule has 2 rings (SSSR count). The Morgan fingerprint density at radius 1 is 1.16 bits per heavy atom. The van der Waals surface area contributed by atoms with Crippen molar-refractivity contribution in [1.29, 1.82) is 0 Å². The van der Waals surface area contributed by atoms with Crippen molar-refractivity contribution < 1.29 is 9.53 Å². The standard InChI is InChI=1S/C16H17NO2/c1-11-7-8-16(17-12(2)18)15(9-11)13-5-4-6-14(10-13)19-3/h4-10H,1-3H3,(H,17,18). The number of carbonyl (C=O) groups excluding carboxylic acids is 1. The van der Waals surface area contributed by atoms with Gasteiger partial charge in [-0.15, -0.1) is 0 Å². The topological polar surface area (TPSA) is 38.3 Å². The Balaban J connectivity index is 2.52. The number of rotatable bonds is 3. The lowest BCUT2D eigenvalue weighted by molar-refractivity contribution is -0.114. The third-order valence-electron chi connectivity index (χ3n) is 2.87. The van der Waals surface area contributed by atoms with Crippen LogP contribution in [0.3, 0.4) is 0 Å². The molecule has 0 spiro atoms. The highest BCUT2D eigenvalue weighted by atomic mass is 16.5. The van der Waals surface area contributed by atoms with Gasteiger partial charge in [0.05, 0.1) is 7.11 Å². The third kappa shape index (κ3) is 3.13. The van der Waals surface area contributed by atoms with Crippen LogP contribution in [-0.4, -0.2) is 13.0 Å². The second-order valence-corrected chi connectivity index (χ2v) is 4.46. The predicted molar refractivity (Wildman–Crippen MR) is 77.5 cm³/mol. The van der Waals surface area contributed by atoms with Gasteiger partial charge in [-0.05, 0) is 36.8 Å². The number of hydrogen-bond donors (Lipinski definition) is 1. The minimum absolute atomic E-state index is 0.0759. The number of nitrogens with one attached hydrogen (secondary N) is 1. The Bertz CT molecular complexity index is 605. The maximum absolute atomic E-state index is 11.3. The lowest BCUT2D eigenvalue weighted by Crippen LogP contribution is -2.07. The molecule has 0 fully saturated rings. The number of carbonyl (C=O) groups is 1. The van der Waals surface area contributed by atoms with Gasteiger partial charge in [-0.3, -0.25) is 4.79 Å². The van der Waals surface area contributed by atoms with E-state index < -0.39 is 0 Å². The van der Waals surface area contributed by atoms with Gasteiger partial charge in [-0.1, -0.05) is 23.8 Å². The molecule has 3 nitrogen and oxygen atoms in total. The summed E-state index contributed by atoms with van der Waals surface area (Å²) in [5.41, 5.74) is 3.97.